The van der Waals surface area contributed by atoms with E-state index < -0.39 is 0 Å². The van der Waals surface area contributed by atoms with Gasteiger partial charge in [-0.2, -0.15) is 0 Å². The number of carbonyl (C=O) groups is 1. The number of piperidine rings is 1. The summed E-state index contributed by atoms with van der Waals surface area (Å²) in [6, 6.07) is 5.95. The van der Waals surface area contributed by atoms with Gasteiger partial charge in [-0.15, -0.1) is 0 Å². The molecule has 0 spiro atoms. The largest absolute Gasteiger partial charge is 0.303 e. The molecular weight excluding hydrogens is 265 g/mol. The van der Waals surface area contributed by atoms with Crippen molar-refractivity contribution in [3.63, 3.8) is 0 Å². The SMILES string of the molecule is CC(C)CCCN1CCC(C(=O)c2ccc(F)cc2)CC1. The minimum atomic E-state index is -0.286. The van der Waals surface area contributed by atoms with Crippen LogP contribution in [0, 0.1) is 17.7 Å². The van der Waals surface area contributed by atoms with Gasteiger partial charge >= 0.3 is 0 Å². The Hall–Kier alpha value is -1.22. The lowest BCUT2D eigenvalue weighted by Crippen LogP contribution is -2.37. The van der Waals surface area contributed by atoms with E-state index in [2.05, 4.69) is 18.7 Å². The molecule has 0 amide bonds. The first-order chi connectivity index (χ1) is 10.1. The molecule has 1 fully saturated rings. The van der Waals surface area contributed by atoms with Crippen LogP contribution in [0.5, 0.6) is 0 Å². The van der Waals surface area contributed by atoms with Gasteiger partial charge in [-0.25, -0.2) is 4.39 Å². The zero-order valence-electron chi connectivity index (χ0n) is 13.1. The smallest absolute Gasteiger partial charge is 0.166 e. The fraction of sp³-hybridized carbons (Fsp3) is 0.611. The third-order valence-corrected chi connectivity index (χ3v) is 4.34. The molecule has 0 aliphatic carbocycles. The zero-order valence-corrected chi connectivity index (χ0v) is 13.1. The van der Waals surface area contributed by atoms with Crippen molar-refractivity contribution >= 4 is 5.78 Å². The Morgan fingerprint density at radius 3 is 2.43 bits per heavy atom. The topological polar surface area (TPSA) is 20.3 Å². The van der Waals surface area contributed by atoms with Crippen molar-refractivity contribution in [2.45, 2.75) is 39.5 Å². The number of hydrogen-bond donors (Lipinski definition) is 0. The standard InChI is InChI=1S/C18H26FNO/c1-14(2)4-3-11-20-12-9-16(10-13-20)18(21)15-5-7-17(19)8-6-15/h5-8,14,16H,3-4,9-13H2,1-2H3. The number of carbonyl (C=O) groups excluding carboxylic acids is 1. The van der Waals surface area contributed by atoms with Crippen molar-refractivity contribution in [2.75, 3.05) is 19.6 Å². The van der Waals surface area contributed by atoms with Crippen LogP contribution < -0.4 is 0 Å². The Morgan fingerprint density at radius 2 is 1.86 bits per heavy atom. The third-order valence-electron chi connectivity index (χ3n) is 4.34. The average Bonchev–Trinajstić information content (AvgIpc) is 2.48. The Kier molecular flexibility index (Phi) is 5.92. The number of halogens is 1. The van der Waals surface area contributed by atoms with E-state index in [1.165, 1.54) is 25.0 Å². The minimum absolute atomic E-state index is 0.108. The zero-order chi connectivity index (χ0) is 15.2. The molecule has 116 valence electrons. The Labute approximate surface area is 127 Å². The first-order valence-corrected chi connectivity index (χ1v) is 8.08. The second-order valence-electron chi connectivity index (χ2n) is 6.52. The summed E-state index contributed by atoms with van der Waals surface area (Å²) in [7, 11) is 0. The molecule has 3 heteroatoms. The number of benzene rings is 1. The third kappa shape index (κ3) is 4.92. The van der Waals surface area contributed by atoms with Crippen LogP contribution in [0.15, 0.2) is 24.3 Å². The van der Waals surface area contributed by atoms with Gasteiger partial charge < -0.3 is 4.90 Å². The quantitative estimate of drug-likeness (QED) is 0.734. The van der Waals surface area contributed by atoms with E-state index in [9.17, 15) is 9.18 Å². The lowest BCUT2D eigenvalue weighted by molar-refractivity contribution is 0.0838. The highest BCUT2D eigenvalue weighted by Gasteiger charge is 2.25. The molecule has 0 radical (unpaired) electrons. The van der Waals surface area contributed by atoms with Gasteiger partial charge in [0.05, 0.1) is 0 Å². The average molecular weight is 291 g/mol. The maximum absolute atomic E-state index is 12.9. The summed E-state index contributed by atoms with van der Waals surface area (Å²) in [5.74, 6) is 0.766. The summed E-state index contributed by atoms with van der Waals surface area (Å²) < 4.78 is 12.9. The molecule has 0 bridgehead atoms. The van der Waals surface area contributed by atoms with Gasteiger partial charge in [0.1, 0.15) is 5.82 Å². The minimum Gasteiger partial charge on any atom is -0.303 e. The molecule has 2 rings (SSSR count). The second-order valence-corrected chi connectivity index (χ2v) is 6.52. The highest BCUT2D eigenvalue weighted by molar-refractivity contribution is 5.97. The number of hydrogen-bond acceptors (Lipinski definition) is 2. The Morgan fingerprint density at radius 1 is 1.24 bits per heavy atom. The molecule has 1 aliphatic rings. The lowest BCUT2D eigenvalue weighted by Gasteiger charge is -2.31. The predicted molar refractivity (Wildman–Crippen MR) is 84.0 cm³/mol. The molecule has 0 atom stereocenters. The molecule has 2 nitrogen and oxygen atoms in total. The Balaban J connectivity index is 1.78. The molecule has 0 unspecified atom stereocenters. The maximum Gasteiger partial charge on any atom is 0.166 e. The van der Waals surface area contributed by atoms with E-state index in [0.717, 1.165) is 38.4 Å². The first kappa shape index (κ1) is 16.2. The van der Waals surface area contributed by atoms with Crippen molar-refractivity contribution in [3.8, 4) is 0 Å². The van der Waals surface area contributed by atoms with Crippen LogP contribution in [0.3, 0.4) is 0 Å². The van der Waals surface area contributed by atoms with E-state index in [4.69, 9.17) is 0 Å². The molecule has 0 saturated carbocycles. The Bertz CT molecular complexity index is 447. The first-order valence-electron chi connectivity index (χ1n) is 8.08. The molecule has 1 heterocycles. The van der Waals surface area contributed by atoms with Crippen molar-refractivity contribution in [3.05, 3.63) is 35.6 Å². The summed E-state index contributed by atoms with van der Waals surface area (Å²) >= 11 is 0. The molecule has 1 aromatic carbocycles. The fourth-order valence-electron chi connectivity index (χ4n) is 2.99. The van der Waals surface area contributed by atoms with Gasteiger partial charge in [0, 0.05) is 11.5 Å². The molecule has 0 N–H and O–H groups in total. The van der Waals surface area contributed by atoms with E-state index in [-0.39, 0.29) is 17.5 Å². The van der Waals surface area contributed by atoms with Crippen molar-refractivity contribution in [2.24, 2.45) is 11.8 Å². The van der Waals surface area contributed by atoms with Crippen LogP contribution in [0.25, 0.3) is 0 Å². The summed E-state index contributed by atoms with van der Waals surface area (Å²) in [5, 5.41) is 0. The van der Waals surface area contributed by atoms with E-state index >= 15 is 0 Å². The maximum atomic E-state index is 12.9. The summed E-state index contributed by atoms with van der Waals surface area (Å²) in [5.41, 5.74) is 0.648. The number of ketones is 1. The highest BCUT2D eigenvalue weighted by Crippen LogP contribution is 2.22. The summed E-state index contributed by atoms with van der Waals surface area (Å²) in [6.07, 6.45) is 4.37. The van der Waals surface area contributed by atoms with Gasteiger partial charge in [0.2, 0.25) is 0 Å². The number of likely N-dealkylation sites (tertiary alicyclic amines) is 1. The number of Topliss-reactive ketones (excluding diaryl/α,β-unsaturated/α-hetero) is 1. The van der Waals surface area contributed by atoms with Gasteiger partial charge in [-0.3, -0.25) is 4.79 Å². The van der Waals surface area contributed by atoms with Crippen molar-refractivity contribution in [1.82, 2.24) is 4.90 Å². The summed E-state index contributed by atoms with van der Waals surface area (Å²) in [6.45, 7) is 7.68. The molecular formula is C18H26FNO. The molecule has 21 heavy (non-hydrogen) atoms. The van der Waals surface area contributed by atoms with Crippen LogP contribution in [0.2, 0.25) is 0 Å². The van der Waals surface area contributed by atoms with Gasteiger partial charge in [0.15, 0.2) is 5.78 Å². The monoisotopic (exact) mass is 291 g/mol. The summed E-state index contributed by atoms with van der Waals surface area (Å²) in [4.78, 5) is 14.8. The molecule has 1 aromatic rings. The highest BCUT2D eigenvalue weighted by atomic mass is 19.1. The molecule has 1 saturated heterocycles. The normalized spacial score (nSPS) is 17.3. The lowest BCUT2D eigenvalue weighted by atomic mass is 9.89. The van der Waals surface area contributed by atoms with Crippen molar-refractivity contribution in [1.29, 1.82) is 0 Å². The fourth-order valence-corrected chi connectivity index (χ4v) is 2.99. The van der Waals surface area contributed by atoms with Crippen LogP contribution >= 0.6 is 0 Å². The van der Waals surface area contributed by atoms with E-state index in [1.54, 1.807) is 12.1 Å². The van der Waals surface area contributed by atoms with Crippen LogP contribution in [0.4, 0.5) is 4.39 Å². The van der Waals surface area contributed by atoms with Crippen molar-refractivity contribution < 1.29 is 9.18 Å². The number of rotatable bonds is 6. The van der Waals surface area contributed by atoms with Crippen LogP contribution in [-0.4, -0.2) is 30.3 Å². The van der Waals surface area contributed by atoms with Crippen LogP contribution in [-0.2, 0) is 0 Å². The van der Waals surface area contributed by atoms with Gasteiger partial charge in [-0.1, -0.05) is 13.8 Å². The van der Waals surface area contributed by atoms with Crippen LogP contribution in [0.1, 0.15) is 49.9 Å². The predicted octanol–water partition coefficient (Wildman–Crippen LogP) is 4.16. The number of nitrogens with zero attached hydrogens (tertiary/aromatic N) is 1. The van der Waals surface area contributed by atoms with E-state index in [1.807, 2.05) is 0 Å². The van der Waals surface area contributed by atoms with Gasteiger partial charge in [0.25, 0.3) is 0 Å². The second kappa shape index (κ2) is 7.69. The van der Waals surface area contributed by atoms with E-state index in [0.29, 0.717) is 5.56 Å². The van der Waals surface area contributed by atoms with Gasteiger partial charge in [-0.05, 0) is 75.5 Å². The molecule has 0 aromatic heterocycles. The molecule has 1 aliphatic heterocycles.